The van der Waals surface area contributed by atoms with Crippen molar-refractivity contribution < 1.29 is 18.7 Å². The van der Waals surface area contributed by atoms with E-state index in [0.29, 0.717) is 23.6 Å². The second-order valence-corrected chi connectivity index (χ2v) is 5.86. The number of anilines is 1. The molecule has 0 aromatic heterocycles. The highest BCUT2D eigenvalue weighted by molar-refractivity contribution is 6.05. The van der Waals surface area contributed by atoms with Crippen molar-refractivity contribution >= 4 is 11.6 Å². The van der Waals surface area contributed by atoms with Crippen LogP contribution in [-0.4, -0.2) is 25.2 Å². The molecule has 0 spiro atoms. The summed E-state index contributed by atoms with van der Waals surface area (Å²) in [6, 6.07) is 11.4. The van der Waals surface area contributed by atoms with Crippen LogP contribution >= 0.6 is 0 Å². The summed E-state index contributed by atoms with van der Waals surface area (Å²) in [4.78, 5) is 12.4. The maximum atomic E-state index is 13.6. The lowest BCUT2D eigenvalue weighted by Gasteiger charge is -2.15. The molecule has 1 aliphatic rings. The molecule has 1 saturated heterocycles. The van der Waals surface area contributed by atoms with Crippen LogP contribution in [0.5, 0.6) is 5.75 Å². The molecule has 24 heavy (non-hydrogen) atoms. The van der Waals surface area contributed by atoms with Crippen LogP contribution < -0.4 is 10.1 Å². The van der Waals surface area contributed by atoms with E-state index in [2.05, 4.69) is 5.32 Å². The summed E-state index contributed by atoms with van der Waals surface area (Å²) in [5.74, 6) is -0.283. The lowest BCUT2D eigenvalue weighted by atomic mass is 10.1. The van der Waals surface area contributed by atoms with Gasteiger partial charge in [0.05, 0.1) is 11.8 Å². The number of rotatable bonds is 5. The quantitative estimate of drug-likeness (QED) is 0.904. The van der Waals surface area contributed by atoms with Gasteiger partial charge in [0.25, 0.3) is 5.91 Å². The van der Waals surface area contributed by atoms with Crippen LogP contribution in [0.3, 0.4) is 0 Å². The first-order valence-corrected chi connectivity index (χ1v) is 8.04. The number of carbonyl (C=O) groups excluding carboxylic acids is 1. The Labute approximate surface area is 140 Å². The van der Waals surface area contributed by atoms with Crippen LogP contribution in [0.25, 0.3) is 0 Å². The Kier molecular flexibility index (Phi) is 5.11. The zero-order chi connectivity index (χ0) is 16.9. The molecule has 2 aromatic carbocycles. The lowest BCUT2D eigenvalue weighted by Crippen LogP contribution is -2.18. The Balaban J connectivity index is 1.75. The first-order chi connectivity index (χ1) is 11.6. The normalized spacial score (nSPS) is 16.8. The molecular weight excluding hydrogens is 309 g/mol. The van der Waals surface area contributed by atoms with Gasteiger partial charge >= 0.3 is 0 Å². The molecule has 1 heterocycles. The predicted molar refractivity (Wildman–Crippen MR) is 90.0 cm³/mol. The first-order valence-electron chi connectivity index (χ1n) is 8.04. The van der Waals surface area contributed by atoms with Crippen LogP contribution in [0.2, 0.25) is 0 Å². The van der Waals surface area contributed by atoms with Gasteiger partial charge in [-0.05, 0) is 43.5 Å². The SMILES string of the molecule is Cc1ccccc1C(=O)Nc1cc(F)ccc1OCC1CCCO1. The standard InChI is InChI=1S/C19H20FNO3/c1-13-5-2-3-7-16(13)19(22)21-17-11-14(20)8-9-18(17)24-12-15-6-4-10-23-15/h2-3,5,7-9,11,15H,4,6,10,12H2,1H3,(H,21,22). The summed E-state index contributed by atoms with van der Waals surface area (Å²) in [5, 5.41) is 2.74. The predicted octanol–water partition coefficient (Wildman–Crippen LogP) is 3.94. The second kappa shape index (κ2) is 7.45. The third-order valence-corrected chi connectivity index (χ3v) is 4.03. The summed E-state index contributed by atoms with van der Waals surface area (Å²) in [5.41, 5.74) is 1.72. The smallest absolute Gasteiger partial charge is 0.256 e. The Morgan fingerprint density at radius 3 is 2.92 bits per heavy atom. The van der Waals surface area contributed by atoms with Crippen LogP contribution in [0, 0.1) is 12.7 Å². The number of hydrogen-bond acceptors (Lipinski definition) is 3. The fourth-order valence-corrected chi connectivity index (χ4v) is 2.70. The Hall–Kier alpha value is -2.40. The maximum Gasteiger partial charge on any atom is 0.256 e. The van der Waals surface area contributed by atoms with Gasteiger partial charge in [0, 0.05) is 18.2 Å². The molecule has 0 radical (unpaired) electrons. The van der Waals surface area contributed by atoms with E-state index in [1.807, 2.05) is 19.1 Å². The topological polar surface area (TPSA) is 47.6 Å². The van der Waals surface area contributed by atoms with E-state index in [-0.39, 0.29) is 12.0 Å². The number of halogens is 1. The second-order valence-electron chi connectivity index (χ2n) is 5.86. The molecule has 1 atom stereocenters. The number of nitrogens with one attached hydrogen (secondary N) is 1. The van der Waals surface area contributed by atoms with Crippen molar-refractivity contribution in [1.29, 1.82) is 0 Å². The van der Waals surface area contributed by atoms with Gasteiger partial charge in [-0.1, -0.05) is 18.2 Å². The first kappa shape index (κ1) is 16.5. The number of carbonyl (C=O) groups is 1. The fourth-order valence-electron chi connectivity index (χ4n) is 2.70. The highest BCUT2D eigenvalue weighted by Gasteiger charge is 2.18. The largest absolute Gasteiger partial charge is 0.489 e. The lowest BCUT2D eigenvalue weighted by molar-refractivity contribution is 0.0681. The van der Waals surface area contributed by atoms with Crippen LogP contribution in [0.4, 0.5) is 10.1 Å². The van der Waals surface area contributed by atoms with Gasteiger partial charge in [-0.25, -0.2) is 4.39 Å². The zero-order valence-electron chi connectivity index (χ0n) is 13.5. The van der Waals surface area contributed by atoms with E-state index in [9.17, 15) is 9.18 Å². The molecule has 5 heteroatoms. The Bertz CT molecular complexity index is 726. The molecule has 0 saturated carbocycles. The molecule has 2 aromatic rings. The van der Waals surface area contributed by atoms with Gasteiger partial charge in [-0.3, -0.25) is 4.79 Å². The van der Waals surface area contributed by atoms with Crippen LogP contribution in [0.1, 0.15) is 28.8 Å². The molecule has 1 aliphatic heterocycles. The number of amides is 1. The van der Waals surface area contributed by atoms with E-state index >= 15 is 0 Å². The number of ether oxygens (including phenoxy) is 2. The minimum absolute atomic E-state index is 0.0509. The highest BCUT2D eigenvalue weighted by atomic mass is 19.1. The average molecular weight is 329 g/mol. The molecule has 1 fully saturated rings. The summed E-state index contributed by atoms with van der Waals surface area (Å²) >= 11 is 0. The maximum absolute atomic E-state index is 13.6. The molecule has 126 valence electrons. The van der Waals surface area contributed by atoms with Gasteiger partial charge in [-0.15, -0.1) is 0 Å². The third kappa shape index (κ3) is 3.92. The van der Waals surface area contributed by atoms with Crippen molar-refractivity contribution in [2.75, 3.05) is 18.5 Å². The minimum atomic E-state index is -0.431. The Morgan fingerprint density at radius 1 is 1.33 bits per heavy atom. The number of benzene rings is 2. The summed E-state index contributed by atoms with van der Waals surface area (Å²) in [7, 11) is 0. The zero-order valence-corrected chi connectivity index (χ0v) is 13.5. The van der Waals surface area contributed by atoms with E-state index in [4.69, 9.17) is 9.47 Å². The van der Waals surface area contributed by atoms with Crippen LogP contribution in [-0.2, 0) is 4.74 Å². The van der Waals surface area contributed by atoms with Gasteiger partial charge < -0.3 is 14.8 Å². The molecule has 0 aliphatic carbocycles. The summed E-state index contributed by atoms with van der Waals surface area (Å²) in [6.07, 6.45) is 2.02. The molecule has 0 bridgehead atoms. The molecule has 1 N–H and O–H groups in total. The van der Waals surface area contributed by atoms with E-state index in [1.54, 1.807) is 12.1 Å². The van der Waals surface area contributed by atoms with Gasteiger partial charge in [0.1, 0.15) is 18.2 Å². The van der Waals surface area contributed by atoms with Gasteiger partial charge in [-0.2, -0.15) is 0 Å². The monoisotopic (exact) mass is 329 g/mol. The Morgan fingerprint density at radius 2 is 2.17 bits per heavy atom. The molecule has 4 nitrogen and oxygen atoms in total. The molecular formula is C19H20FNO3. The van der Waals surface area contributed by atoms with E-state index in [0.717, 1.165) is 25.0 Å². The third-order valence-electron chi connectivity index (χ3n) is 4.03. The van der Waals surface area contributed by atoms with Gasteiger partial charge in [0.2, 0.25) is 0 Å². The van der Waals surface area contributed by atoms with E-state index in [1.165, 1.54) is 18.2 Å². The van der Waals surface area contributed by atoms with Crippen molar-refractivity contribution in [1.82, 2.24) is 0 Å². The number of aryl methyl sites for hydroxylation is 1. The fraction of sp³-hybridized carbons (Fsp3) is 0.316. The van der Waals surface area contributed by atoms with Gasteiger partial charge in [0.15, 0.2) is 0 Å². The average Bonchev–Trinajstić information content (AvgIpc) is 3.08. The van der Waals surface area contributed by atoms with Crippen molar-refractivity contribution in [3.05, 3.63) is 59.4 Å². The van der Waals surface area contributed by atoms with Crippen LogP contribution in [0.15, 0.2) is 42.5 Å². The minimum Gasteiger partial charge on any atom is -0.489 e. The highest BCUT2D eigenvalue weighted by Crippen LogP contribution is 2.27. The van der Waals surface area contributed by atoms with Crippen molar-refractivity contribution in [2.24, 2.45) is 0 Å². The number of hydrogen-bond donors (Lipinski definition) is 1. The summed E-state index contributed by atoms with van der Waals surface area (Å²) in [6.45, 7) is 2.99. The molecule has 1 unspecified atom stereocenters. The molecule has 3 rings (SSSR count). The van der Waals surface area contributed by atoms with Crippen molar-refractivity contribution in [2.45, 2.75) is 25.9 Å². The summed E-state index contributed by atoms with van der Waals surface area (Å²) < 4.78 is 24.8. The molecule has 1 amide bonds. The van der Waals surface area contributed by atoms with E-state index < -0.39 is 5.82 Å². The van der Waals surface area contributed by atoms with Crippen molar-refractivity contribution in [3.8, 4) is 5.75 Å². The van der Waals surface area contributed by atoms with Crippen molar-refractivity contribution in [3.63, 3.8) is 0 Å².